The second kappa shape index (κ2) is 6.03. The summed E-state index contributed by atoms with van der Waals surface area (Å²) >= 11 is 0. The van der Waals surface area contributed by atoms with Crippen LogP contribution in [0.25, 0.3) is 0 Å². The molecule has 1 aromatic heterocycles. The van der Waals surface area contributed by atoms with Crippen molar-refractivity contribution in [2.75, 3.05) is 29.2 Å². The lowest BCUT2D eigenvalue weighted by molar-refractivity contribution is -0.123. The Bertz CT molecular complexity index is 806. The largest absolute Gasteiger partial charge is 0.497 e. The SMILES string of the molecule is COc1ccc(NC(=O)C2CC(=O)Nc3nc(N)nc(N)c32)cc1. The summed E-state index contributed by atoms with van der Waals surface area (Å²) in [5, 5.41) is 5.31. The van der Waals surface area contributed by atoms with Gasteiger partial charge < -0.3 is 26.8 Å². The fraction of sp³-hybridized carbons (Fsp3) is 0.200. The van der Waals surface area contributed by atoms with E-state index in [1.807, 2.05) is 0 Å². The summed E-state index contributed by atoms with van der Waals surface area (Å²) in [4.78, 5) is 32.3. The number of hydrogen-bond donors (Lipinski definition) is 4. The van der Waals surface area contributed by atoms with Crippen molar-refractivity contribution in [3.8, 4) is 5.75 Å². The van der Waals surface area contributed by atoms with Crippen LogP contribution >= 0.6 is 0 Å². The molecule has 9 heteroatoms. The minimum Gasteiger partial charge on any atom is -0.497 e. The van der Waals surface area contributed by atoms with Gasteiger partial charge in [-0.05, 0) is 24.3 Å². The van der Waals surface area contributed by atoms with Gasteiger partial charge in [-0.1, -0.05) is 0 Å². The van der Waals surface area contributed by atoms with Crippen LogP contribution in [0.1, 0.15) is 17.9 Å². The third kappa shape index (κ3) is 2.91. The lowest BCUT2D eigenvalue weighted by atomic mass is 9.92. The molecule has 1 aliphatic rings. The van der Waals surface area contributed by atoms with Crippen LogP contribution < -0.4 is 26.8 Å². The molecule has 2 amide bonds. The van der Waals surface area contributed by atoms with Gasteiger partial charge >= 0.3 is 0 Å². The monoisotopic (exact) mass is 328 g/mol. The number of nitrogens with one attached hydrogen (secondary N) is 2. The number of nitrogens with zero attached hydrogens (tertiary/aromatic N) is 2. The van der Waals surface area contributed by atoms with E-state index in [0.29, 0.717) is 17.0 Å². The van der Waals surface area contributed by atoms with E-state index in [0.717, 1.165) is 0 Å². The molecular weight excluding hydrogens is 312 g/mol. The van der Waals surface area contributed by atoms with Crippen LogP contribution in [-0.2, 0) is 9.59 Å². The standard InChI is InChI=1S/C15H16N6O3/c1-24-8-4-2-7(3-5-8)18-14(23)9-6-10(22)19-13-11(9)12(16)20-15(17)21-13/h2-5,9H,6H2,1H3,(H,18,23)(H5,16,17,19,20,21,22). The minimum absolute atomic E-state index is 0.0491. The number of anilines is 4. The summed E-state index contributed by atoms with van der Waals surface area (Å²) in [6.45, 7) is 0. The molecule has 0 saturated heterocycles. The molecule has 1 unspecified atom stereocenters. The second-order valence-corrected chi connectivity index (χ2v) is 5.25. The summed E-state index contributed by atoms with van der Waals surface area (Å²) in [7, 11) is 1.56. The van der Waals surface area contributed by atoms with E-state index in [1.54, 1.807) is 31.4 Å². The Morgan fingerprint density at radius 2 is 2.00 bits per heavy atom. The molecule has 24 heavy (non-hydrogen) atoms. The summed E-state index contributed by atoms with van der Waals surface area (Å²) in [5.41, 5.74) is 12.3. The number of fused-ring (bicyclic) bond motifs is 1. The van der Waals surface area contributed by atoms with Crippen LogP contribution in [0.15, 0.2) is 24.3 Å². The Balaban J connectivity index is 1.88. The Kier molecular flexibility index (Phi) is 3.90. The Morgan fingerprint density at radius 3 is 2.67 bits per heavy atom. The van der Waals surface area contributed by atoms with Crippen molar-refractivity contribution in [3.63, 3.8) is 0 Å². The third-order valence-corrected chi connectivity index (χ3v) is 3.66. The van der Waals surface area contributed by atoms with Gasteiger partial charge in [-0.25, -0.2) is 0 Å². The highest BCUT2D eigenvalue weighted by atomic mass is 16.5. The van der Waals surface area contributed by atoms with E-state index in [4.69, 9.17) is 16.2 Å². The van der Waals surface area contributed by atoms with E-state index < -0.39 is 5.92 Å². The maximum Gasteiger partial charge on any atom is 0.232 e. The van der Waals surface area contributed by atoms with Crippen LogP contribution in [0.5, 0.6) is 5.75 Å². The van der Waals surface area contributed by atoms with Gasteiger partial charge in [-0.2, -0.15) is 9.97 Å². The van der Waals surface area contributed by atoms with E-state index >= 15 is 0 Å². The molecular formula is C15H16N6O3. The average Bonchev–Trinajstić information content (AvgIpc) is 2.54. The average molecular weight is 328 g/mol. The summed E-state index contributed by atoms with van der Waals surface area (Å²) in [6.07, 6.45) is -0.0491. The van der Waals surface area contributed by atoms with E-state index in [9.17, 15) is 9.59 Å². The summed E-state index contributed by atoms with van der Waals surface area (Å²) < 4.78 is 5.07. The summed E-state index contributed by atoms with van der Waals surface area (Å²) in [6, 6.07) is 6.83. The molecule has 0 fully saturated rings. The molecule has 6 N–H and O–H groups in total. The smallest absolute Gasteiger partial charge is 0.232 e. The van der Waals surface area contributed by atoms with Gasteiger partial charge in [0.05, 0.1) is 18.6 Å². The normalized spacial score (nSPS) is 16.0. The third-order valence-electron chi connectivity index (χ3n) is 3.66. The zero-order valence-electron chi connectivity index (χ0n) is 12.9. The molecule has 0 aliphatic carbocycles. The molecule has 124 valence electrons. The van der Waals surface area contributed by atoms with Crippen LogP contribution in [0.3, 0.4) is 0 Å². The molecule has 9 nitrogen and oxygen atoms in total. The number of carbonyl (C=O) groups excluding carboxylic acids is 2. The first-order valence-corrected chi connectivity index (χ1v) is 7.15. The van der Waals surface area contributed by atoms with Gasteiger partial charge in [-0.3, -0.25) is 9.59 Å². The minimum atomic E-state index is -0.795. The van der Waals surface area contributed by atoms with Crippen LogP contribution in [0.2, 0.25) is 0 Å². The lowest BCUT2D eigenvalue weighted by Gasteiger charge is -2.25. The molecule has 3 rings (SSSR count). The number of nitrogens with two attached hydrogens (primary N) is 2. The first kappa shape index (κ1) is 15.5. The predicted molar refractivity (Wildman–Crippen MR) is 88.5 cm³/mol. The van der Waals surface area contributed by atoms with Crippen molar-refractivity contribution in [2.24, 2.45) is 0 Å². The topological polar surface area (TPSA) is 145 Å². The van der Waals surface area contributed by atoms with Crippen molar-refractivity contribution in [3.05, 3.63) is 29.8 Å². The van der Waals surface area contributed by atoms with Crippen LogP contribution in [-0.4, -0.2) is 28.9 Å². The zero-order chi connectivity index (χ0) is 17.3. The molecule has 1 aliphatic heterocycles. The van der Waals surface area contributed by atoms with Crippen molar-refractivity contribution >= 4 is 35.1 Å². The molecule has 2 aromatic rings. The molecule has 2 heterocycles. The highest BCUT2D eigenvalue weighted by Crippen LogP contribution is 2.35. The number of amides is 2. The van der Waals surface area contributed by atoms with Gasteiger partial charge in [-0.15, -0.1) is 0 Å². The lowest BCUT2D eigenvalue weighted by Crippen LogP contribution is -2.32. The van der Waals surface area contributed by atoms with Gasteiger partial charge in [0.2, 0.25) is 17.8 Å². The van der Waals surface area contributed by atoms with Crippen LogP contribution in [0, 0.1) is 0 Å². The fourth-order valence-electron chi connectivity index (χ4n) is 2.54. The van der Waals surface area contributed by atoms with E-state index in [2.05, 4.69) is 20.6 Å². The van der Waals surface area contributed by atoms with E-state index in [1.165, 1.54) is 0 Å². The van der Waals surface area contributed by atoms with Crippen molar-refractivity contribution < 1.29 is 14.3 Å². The maximum atomic E-state index is 12.6. The molecule has 0 spiro atoms. The number of rotatable bonds is 3. The first-order valence-electron chi connectivity index (χ1n) is 7.15. The molecule has 1 atom stereocenters. The number of benzene rings is 1. The van der Waals surface area contributed by atoms with Crippen molar-refractivity contribution in [1.29, 1.82) is 0 Å². The highest BCUT2D eigenvalue weighted by Gasteiger charge is 2.34. The zero-order valence-corrected chi connectivity index (χ0v) is 12.9. The quantitative estimate of drug-likeness (QED) is 0.649. The summed E-state index contributed by atoms with van der Waals surface area (Å²) in [5.74, 6) is -0.660. The molecule has 0 bridgehead atoms. The number of aromatic nitrogens is 2. The van der Waals surface area contributed by atoms with Crippen LogP contribution in [0.4, 0.5) is 23.3 Å². The molecule has 0 radical (unpaired) electrons. The van der Waals surface area contributed by atoms with Crippen molar-refractivity contribution in [1.82, 2.24) is 9.97 Å². The number of ether oxygens (including phenoxy) is 1. The Labute approximate surface area is 137 Å². The predicted octanol–water partition coefficient (Wildman–Crippen LogP) is 0.714. The Hall–Kier alpha value is -3.36. The van der Waals surface area contributed by atoms with Crippen molar-refractivity contribution in [2.45, 2.75) is 12.3 Å². The fourth-order valence-corrected chi connectivity index (χ4v) is 2.54. The number of carbonyl (C=O) groups is 2. The molecule has 0 saturated carbocycles. The van der Waals surface area contributed by atoms with Gasteiger partial charge in [0.15, 0.2) is 0 Å². The van der Waals surface area contributed by atoms with E-state index in [-0.39, 0.29) is 35.8 Å². The first-order chi connectivity index (χ1) is 11.5. The van der Waals surface area contributed by atoms with Gasteiger partial charge in [0, 0.05) is 12.1 Å². The highest BCUT2D eigenvalue weighted by molar-refractivity contribution is 6.05. The number of nitrogen functional groups attached to an aromatic ring is 2. The second-order valence-electron chi connectivity index (χ2n) is 5.25. The maximum absolute atomic E-state index is 12.6. The Morgan fingerprint density at radius 1 is 1.29 bits per heavy atom. The number of hydrogen-bond acceptors (Lipinski definition) is 7. The van der Waals surface area contributed by atoms with Gasteiger partial charge in [0.25, 0.3) is 0 Å². The number of methoxy groups -OCH3 is 1. The molecule has 1 aromatic carbocycles. The van der Waals surface area contributed by atoms with Gasteiger partial charge in [0.1, 0.15) is 17.4 Å².